The molecule has 2 amide bonds. The fraction of sp³-hybridized carbons (Fsp3) is 0.529. The van der Waals surface area contributed by atoms with Crippen molar-refractivity contribution in [3.8, 4) is 0 Å². The molecule has 4 rings (SSSR count). The molecule has 1 aliphatic heterocycles. The Kier molecular flexibility index (Phi) is 2.98. The maximum Gasteiger partial charge on any atom is 0.226 e. The molecule has 2 fully saturated rings. The first-order chi connectivity index (χ1) is 10.2. The van der Waals surface area contributed by atoms with Gasteiger partial charge >= 0.3 is 0 Å². The summed E-state index contributed by atoms with van der Waals surface area (Å²) in [5.41, 5.74) is 2.59. The van der Waals surface area contributed by atoms with Crippen molar-refractivity contribution in [2.75, 3.05) is 6.54 Å². The number of carbonyl (C=O) groups excluding carboxylic acids is 2. The lowest BCUT2D eigenvalue weighted by Gasteiger charge is -2.29. The van der Waals surface area contributed by atoms with E-state index in [0.717, 1.165) is 32.2 Å². The molecular weight excluding hydrogens is 264 g/mol. The predicted octanol–water partition coefficient (Wildman–Crippen LogP) is 1.49. The van der Waals surface area contributed by atoms with E-state index in [2.05, 4.69) is 23.5 Å². The molecule has 3 aliphatic rings. The zero-order valence-corrected chi connectivity index (χ0v) is 12.0. The van der Waals surface area contributed by atoms with E-state index in [0.29, 0.717) is 12.6 Å². The van der Waals surface area contributed by atoms with Crippen molar-refractivity contribution in [3.63, 3.8) is 0 Å². The number of fused-ring (bicyclic) bond motifs is 1. The van der Waals surface area contributed by atoms with Gasteiger partial charge in [-0.3, -0.25) is 9.59 Å². The van der Waals surface area contributed by atoms with Crippen LogP contribution in [0.15, 0.2) is 24.3 Å². The minimum Gasteiger partial charge on any atom is -0.353 e. The summed E-state index contributed by atoms with van der Waals surface area (Å²) in [6.07, 6.45) is 3.85. The van der Waals surface area contributed by atoms with Crippen molar-refractivity contribution in [1.29, 1.82) is 0 Å². The van der Waals surface area contributed by atoms with Crippen molar-refractivity contribution < 1.29 is 9.59 Å². The van der Waals surface area contributed by atoms with Crippen LogP contribution in [0.4, 0.5) is 0 Å². The normalized spacial score (nSPS) is 27.0. The molecule has 0 aromatic heterocycles. The molecule has 110 valence electrons. The number of benzene rings is 1. The summed E-state index contributed by atoms with van der Waals surface area (Å²) in [6, 6.07) is 8.69. The lowest BCUT2D eigenvalue weighted by molar-refractivity contribution is -0.135. The third-order valence-corrected chi connectivity index (χ3v) is 4.81. The van der Waals surface area contributed by atoms with Gasteiger partial charge in [0.2, 0.25) is 11.8 Å². The van der Waals surface area contributed by atoms with Crippen molar-refractivity contribution in [2.45, 2.75) is 38.3 Å². The second kappa shape index (κ2) is 4.86. The minimum absolute atomic E-state index is 0.0738. The van der Waals surface area contributed by atoms with Gasteiger partial charge in [0.05, 0.1) is 11.8 Å². The SMILES string of the molecule is O=C(NC1CC1)C1CC1C(=O)N1CCc2ccccc2C1. The van der Waals surface area contributed by atoms with Crippen LogP contribution in [0.1, 0.15) is 30.4 Å². The minimum atomic E-state index is -0.0750. The Balaban J connectivity index is 1.37. The van der Waals surface area contributed by atoms with Crippen LogP contribution in [0.25, 0.3) is 0 Å². The molecule has 4 nitrogen and oxygen atoms in total. The molecule has 0 spiro atoms. The maximum atomic E-state index is 12.5. The zero-order chi connectivity index (χ0) is 14.4. The standard InChI is InChI=1S/C17H20N2O2/c20-16(18-13-5-6-13)14-9-15(14)17(21)19-8-7-11-3-1-2-4-12(11)10-19/h1-4,13-15H,5-10H2,(H,18,20). The van der Waals surface area contributed by atoms with Gasteiger partial charge in [-0.1, -0.05) is 24.3 Å². The summed E-state index contributed by atoms with van der Waals surface area (Å²) in [5, 5.41) is 3.01. The van der Waals surface area contributed by atoms with E-state index in [1.54, 1.807) is 0 Å². The van der Waals surface area contributed by atoms with E-state index >= 15 is 0 Å². The van der Waals surface area contributed by atoms with Gasteiger partial charge in [0.15, 0.2) is 0 Å². The molecule has 1 heterocycles. The van der Waals surface area contributed by atoms with Gasteiger partial charge in [-0.25, -0.2) is 0 Å². The van der Waals surface area contributed by atoms with Crippen LogP contribution in [-0.4, -0.2) is 29.3 Å². The number of hydrogen-bond acceptors (Lipinski definition) is 2. The van der Waals surface area contributed by atoms with Gasteiger partial charge in [-0.15, -0.1) is 0 Å². The molecule has 4 heteroatoms. The Bertz CT molecular complexity index is 594. The van der Waals surface area contributed by atoms with Gasteiger partial charge in [-0.05, 0) is 36.8 Å². The third kappa shape index (κ3) is 2.55. The van der Waals surface area contributed by atoms with Crippen LogP contribution in [0, 0.1) is 11.8 Å². The Morgan fingerprint density at radius 1 is 1.10 bits per heavy atom. The second-order valence-corrected chi connectivity index (χ2v) is 6.51. The average molecular weight is 284 g/mol. The highest BCUT2D eigenvalue weighted by molar-refractivity contribution is 5.92. The number of hydrogen-bond donors (Lipinski definition) is 1. The van der Waals surface area contributed by atoms with Crippen molar-refractivity contribution >= 4 is 11.8 Å². The number of rotatable bonds is 3. The monoisotopic (exact) mass is 284 g/mol. The van der Waals surface area contributed by atoms with E-state index in [1.807, 2.05) is 11.0 Å². The largest absolute Gasteiger partial charge is 0.353 e. The van der Waals surface area contributed by atoms with Crippen molar-refractivity contribution in [1.82, 2.24) is 10.2 Å². The van der Waals surface area contributed by atoms with Crippen LogP contribution in [-0.2, 0) is 22.6 Å². The summed E-state index contributed by atoms with van der Waals surface area (Å²) in [7, 11) is 0. The highest BCUT2D eigenvalue weighted by Crippen LogP contribution is 2.41. The number of amides is 2. The summed E-state index contributed by atoms with van der Waals surface area (Å²) < 4.78 is 0. The first-order valence-corrected chi connectivity index (χ1v) is 7.88. The van der Waals surface area contributed by atoms with E-state index in [-0.39, 0.29) is 23.7 Å². The Morgan fingerprint density at radius 3 is 2.62 bits per heavy atom. The Morgan fingerprint density at radius 2 is 1.86 bits per heavy atom. The highest BCUT2D eigenvalue weighted by Gasteiger charge is 2.50. The molecular formula is C17H20N2O2. The number of carbonyl (C=O) groups is 2. The molecule has 2 unspecified atom stereocenters. The zero-order valence-electron chi connectivity index (χ0n) is 12.0. The van der Waals surface area contributed by atoms with E-state index in [1.165, 1.54) is 11.1 Å². The number of nitrogens with zero attached hydrogens (tertiary/aromatic N) is 1. The third-order valence-electron chi connectivity index (χ3n) is 4.81. The van der Waals surface area contributed by atoms with Gasteiger partial charge < -0.3 is 10.2 Å². The smallest absolute Gasteiger partial charge is 0.226 e. The summed E-state index contributed by atoms with van der Waals surface area (Å²) >= 11 is 0. The fourth-order valence-electron chi connectivity index (χ4n) is 3.21. The molecule has 1 N–H and O–H groups in total. The van der Waals surface area contributed by atoms with Gasteiger partial charge in [0.1, 0.15) is 0 Å². The lowest BCUT2D eigenvalue weighted by Crippen LogP contribution is -2.38. The first kappa shape index (κ1) is 12.9. The van der Waals surface area contributed by atoms with E-state index in [4.69, 9.17) is 0 Å². The molecule has 2 saturated carbocycles. The highest BCUT2D eigenvalue weighted by atomic mass is 16.2. The fourth-order valence-corrected chi connectivity index (χ4v) is 3.21. The van der Waals surface area contributed by atoms with Crippen LogP contribution in [0.3, 0.4) is 0 Å². The Labute approximate surface area is 124 Å². The molecule has 0 bridgehead atoms. The van der Waals surface area contributed by atoms with E-state index in [9.17, 15) is 9.59 Å². The maximum absolute atomic E-state index is 12.5. The van der Waals surface area contributed by atoms with Gasteiger partial charge in [0.25, 0.3) is 0 Å². The average Bonchev–Trinajstić information content (AvgIpc) is 3.39. The topological polar surface area (TPSA) is 49.4 Å². The van der Waals surface area contributed by atoms with Gasteiger partial charge in [-0.2, -0.15) is 0 Å². The second-order valence-electron chi connectivity index (χ2n) is 6.51. The van der Waals surface area contributed by atoms with Gasteiger partial charge in [0, 0.05) is 19.1 Å². The Hall–Kier alpha value is -1.84. The lowest BCUT2D eigenvalue weighted by atomic mass is 9.99. The van der Waals surface area contributed by atoms with E-state index < -0.39 is 0 Å². The summed E-state index contributed by atoms with van der Waals surface area (Å²) in [5.74, 6) is 0.109. The number of nitrogens with one attached hydrogen (secondary N) is 1. The molecule has 2 atom stereocenters. The molecule has 0 saturated heterocycles. The summed E-state index contributed by atoms with van der Waals surface area (Å²) in [6.45, 7) is 1.48. The summed E-state index contributed by atoms with van der Waals surface area (Å²) in [4.78, 5) is 26.4. The predicted molar refractivity (Wildman–Crippen MR) is 78.3 cm³/mol. The molecule has 2 aliphatic carbocycles. The van der Waals surface area contributed by atoms with Crippen LogP contribution < -0.4 is 5.32 Å². The van der Waals surface area contributed by atoms with Crippen LogP contribution in [0.5, 0.6) is 0 Å². The van der Waals surface area contributed by atoms with Crippen LogP contribution in [0.2, 0.25) is 0 Å². The molecule has 21 heavy (non-hydrogen) atoms. The molecule has 1 aromatic carbocycles. The van der Waals surface area contributed by atoms with Crippen molar-refractivity contribution in [2.24, 2.45) is 11.8 Å². The molecule has 0 radical (unpaired) electrons. The quantitative estimate of drug-likeness (QED) is 0.914. The molecule has 1 aromatic rings. The van der Waals surface area contributed by atoms with Crippen molar-refractivity contribution in [3.05, 3.63) is 35.4 Å². The van der Waals surface area contributed by atoms with Crippen LogP contribution >= 0.6 is 0 Å². The first-order valence-electron chi connectivity index (χ1n) is 7.88.